The lowest BCUT2D eigenvalue weighted by Crippen LogP contribution is -2.38. The minimum atomic E-state index is -3.76. The molecule has 1 fully saturated rings. The summed E-state index contributed by atoms with van der Waals surface area (Å²) >= 11 is 0. The molecule has 0 atom stereocenters. The van der Waals surface area contributed by atoms with Crippen LogP contribution in [0, 0.1) is 12.8 Å². The summed E-state index contributed by atoms with van der Waals surface area (Å²) in [6, 6.07) is 12.3. The van der Waals surface area contributed by atoms with Gasteiger partial charge in [0.1, 0.15) is 5.75 Å². The lowest BCUT2D eigenvalue weighted by molar-refractivity contribution is 0.0693. The Bertz CT molecular complexity index is 994. The summed E-state index contributed by atoms with van der Waals surface area (Å²) in [7, 11) is -0.724. The zero-order valence-electron chi connectivity index (χ0n) is 18.1. The zero-order valence-corrected chi connectivity index (χ0v) is 18.9. The summed E-state index contributed by atoms with van der Waals surface area (Å²) in [4.78, 5) is 15.0. The highest BCUT2D eigenvalue weighted by Crippen LogP contribution is 2.27. The number of aryl methyl sites for hydroxylation is 1. The molecule has 3 rings (SSSR count). The monoisotopic (exact) mass is 430 g/mol. The fourth-order valence-corrected chi connectivity index (χ4v) is 4.80. The predicted molar refractivity (Wildman–Crippen MR) is 117 cm³/mol. The van der Waals surface area contributed by atoms with Crippen LogP contribution in [0.5, 0.6) is 5.75 Å². The average Bonchev–Trinajstić information content (AvgIpc) is 2.74. The minimum Gasteiger partial charge on any atom is -0.496 e. The van der Waals surface area contributed by atoms with Crippen LogP contribution < -0.4 is 4.74 Å². The van der Waals surface area contributed by atoms with Crippen molar-refractivity contribution >= 4 is 15.9 Å². The van der Waals surface area contributed by atoms with Crippen LogP contribution in [0.2, 0.25) is 0 Å². The van der Waals surface area contributed by atoms with E-state index in [9.17, 15) is 13.2 Å². The van der Waals surface area contributed by atoms with E-state index >= 15 is 0 Å². The van der Waals surface area contributed by atoms with Gasteiger partial charge in [0, 0.05) is 26.7 Å². The van der Waals surface area contributed by atoms with Gasteiger partial charge < -0.3 is 9.64 Å². The van der Waals surface area contributed by atoms with Crippen LogP contribution in [0.1, 0.15) is 41.3 Å². The van der Waals surface area contributed by atoms with Gasteiger partial charge in [-0.05, 0) is 49.4 Å². The molecular weight excluding hydrogens is 400 g/mol. The van der Waals surface area contributed by atoms with Crippen molar-refractivity contribution in [2.45, 2.75) is 38.1 Å². The molecular formula is C23H30N2O4S. The number of carbonyl (C=O) groups excluding carboxylic acids is 1. The zero-order chi connectivity index (χ0) is 21.9. The van der Waals surface area contributed by atoms with Crippen LogP contribution in [-0.4, -0.2) is 50.8 Å². The van der Waals surface area contributed by atoms with Gasteiger partial charge in [0.25, 0.3) is 5.91 Å². The molecule has 0 saturated carbocycles. The van der Waals surface area contributed by atoms with Gasteiger partial charge >= 0.3 is 0 Å². The molecule has 2 aromatic carbocycles. The van der Waals surface area contributed by atoms with Crippen molar-refractivity contribution in [1.29, 1.82) is 0 Å². The highest BCUT2D eigenvalue weighted by Gasteiger charge is 2.27. The van der Waals surface area contributed by atoms with E-state index in [-0.39, 0.29) is 22.9 Å². The molecule has 1 aliphatic rings. The molecule has 2 aromatic rings. The largest absolute Gasteiger partial charge is 0.496 e. The van der Waals surface area contributed by atoms with Crippen molar-refractivity contribution in [2.24, 2.45) is 5.92 Å². The topological polar surface area (TPSA) is 66.9 Å². The molecule has 0 aliphatic carbocycles. The van der Waals surface area contributed by atoms with Crippen LogP contribution in [0.4, 0.5) is 0 Å². The number of hydrogen-bond acceptors (Lipinski definition) is 4. The van der Waals surface area contributed by atoms with Crippen LogP contribution in [0.25, 0.3) is 0 Å². The van der Waals surface area contributed by atoms with E-state index in [1.165, 1.54) is 23.5 Å². The normalized spacial score (nSPS) is 15.4. The highest BCUT2D eigenvalue weighted by atomic mass is 32.2. The number of sulfonamides is 1. The Labute approximate surface area is 179 Å². The van der Waals surface area contributed by atoms with E-state index in [0.29, 0.717) is 24.8 Å². The number of carbonyl (C=O) groups is 1. The third-order valence-electron chi connectivity index (χ3n) is 5.71. The number of ether oxygens (including phenoxy) is 1. The maximum absolute atomic E-state index is 13.2. The van der Waals surface area contributed by atoms with Gasteiger partial charge in [-0.15, -0.1) is 0 Å². The fraction of sp³-hybridized carbons (Fsp3) is 0.435. The third-order valence-corrected chi connectivity index (χ3v) is 7.51. The lowest BCUT2D eigenvalue weighted by Gasteiger charge is -2.30. The molecule has 30 heavy (non-hydrogen) atoms. The second-order valence-corrected chi connectivity index (χ2v) is 10.1. The van der Waals surface area contributed by atoms with E-state index < -0.39 is 10.0 Å². The molecule has 162 valence electrons. The number of nitrogens with zero attached hydrogens (tertiary/aromatic N) is 2. The Balaban J connectivity index is 1.86. The Kier molecular flexibility index (Phi) is 6.83. The van der Waals surface area contributed by atoms with Crippen LogP contribution in [0.3, 0.4) is 0 Å². The second kappa shape index (κ2) is 9.18. The summed E-state index contributed by atoms with van der Waals surface area (Å²) in [5, 5.41) is 0. The Hall–Kier alpha value is -2.38. The van der Waals surface area contributed by atoms with Crippen molar-refractivity contribution in [1.82, 2.24) is 9.21 Å². The van der Waals surface area contributed by atoms with Crippen LogP contribution in [-0.2, 0) is 16.6 Å². The molecule has 1 saturated heterocycles. The van der Waals surface area contributed by atoms with Gasteiger partial charge in [0.15, 0.2) is 0 Å². The van der Waals surface area contributed by atoms with Gasteiger partial charge in [0.2, 0.25) is 10.0 Å². The van der Waals surface area contributed by atoms with Crippen LogP contribution >= 0.6 is 0 Å². The van der Waals surface area contributed by atoms with E-state index in [2.05, 4.69) is 6.92 Å². The predicted octanol–water partition coefficient (Wildman–Crippen LogP) is 3.70. The number of methoxy groups -OCH3 is 1. The number of piperidine rings is 1. The minimum absolute atomic E-state index is 0.0895. The molecule has 1 heterocycles. The van der Waals surface area contributed by atoms with Crippen LogP contribution in [0.15, 0.2) is 47.4 Å². The number of hydrogen-bond donors (Lipinski definition) is 0. The average molecular weight is 431 g/mol. The van der Waals surface area contributed by atoms with Gasteiger partial charge in [-0.2, -0.15) is 4.31 Å². The summed E-state index contributed by atoms with van der Waals surface area (Å²) in [6.45, 7) is 5.77. The first kappa shape index (κ1) is 22.3. The first-order valence-electron chi connectivity index (χ1n) is 10.2. The number of likely N-dealkylation sites (tertiary alicyclic amines) is 1. The molecule has 0 unspecified atom stereocenters. The van der Waals surface area contributed by atoms with Crippen molar-refractivity contribution in [3.63, 3.8) is 0 Å². The first-order valence-corrected chi connectivity index (χ1v) is 11.7. The summed E-state index contributed by atoms with van der Waals surface area (Å²) in [5.41, 5.74) is 2.31. The SMILES string of the molecule is COc1ccc(S(=O)(=O)N(C)Cc2ccc(C)cc2)cc1C(=O)N1CCC(C)CC1. The maximum atomic E-state index is 13.2. The van der Waals surface area contributed by atoms with E-state index in [0.717, 1.165) is 24.0 Å². The van der Waals surface area contributed by atoms with E-state index in [4.69, 9.17) is 4.74 Å². The Morgan fingerprint density at radius 1 is 1.13 bits per heavy atom. The van der Waals surface area contributed by atoms with Crippen molar-refractivity contribution in [3.05, 3.63) is 59.2 Å². The molecule has 1 aliphatic heterocycles. The standard InChI is InChI=1S/C23H30N2O4S/c1-17-5-7-19(8-6-17)16-24(3)30(27,28)20-9-10-22(29-4)21(15-20)23(26)25-13-11-18(2)12-14-25/h5-10,15,18H,11-14,16H2,1-4H3. The second-order valence-electron chi connectivity index (χ2n) is 8.08. The Morgan fingerprint density at radius 2 is 1.77 bits per heavy atom. The van der Waals surface area contributed by atoms with Gasteiger partial charge in [-0.25, -0.2) is 8.42 Å². The first-order chi connectivity index (χ1) is 14.2. The van der Waals surface area contributed by atoms with Crippen molar-refractivity contribution in [3.8, 4) is 5.75 Å². The smallest absolute Gasteiger partial charge is 0.257 e. The van der Waals surface area contributed by atoms with Gasteiger partial charge in [-0.3, -0.25) is 4.79 Å². The van der Waals surface area contributed by atoms with Crippen molar-refractivity contribution < 1.29 is 17.9 Å². The summed E-state index contributed by atoms with van der Waals surface area (Å²) < 4.78 is 33.0. The molecule has 1 amide bonds. The molecule has 0 radical (unpaired) electrons. The van der Waals surface area contributed by atoms with E-state index in [1.54, 1.807) is 18.0 Å². The van der Waals surface area contributed by atoms with Crippen molar-refractivity contribution in [2.75, 3.05) is 27.2 Å². The molecule has 7 heteroatoms. The number of rotatable bonds is 6. The van der Waals surface area contributed by atoms with E-state index in [1.807, 2.05) is 31.2 Å². The quantitative estimate of drug-likeness (QED) is 0.701. The van der Waals surface area contributed by atoms with Gasteiger partial charge in [0.05, 0.1) is 17.6 Å². The highest BCUT2D eigenvalue weighted by molar-refractivity contribution is 7.89. The summed E-state index contributed by atoms with van der Waals surface area (Å²) in [5.74, 6) is 0.800. The maximum Gasteiger partial charge on any atom is 0.257 e. The molecule has 0 spiro atoms. The fourth-order valence-electron chi connectivity index (χ4n) is 3.61. The molecule has 0 aromatic heterocycles. The lowest BCUT2D eigenvalue weighted by atomic mass is 9.98. The number of amides is 1. The Morgan fingerprint density at radius 3 is 2.37 bits per heavy atom. The van der Waals surface area contributed by atoms with Gasteiger partial charge in [-0.1, -0.05) is 36.8 Å². The molecule has 0 bridgehead atoms. The molecule has 0 N–H and O–H groups in total. The summed E-state index contributed by atoms with van der Waals surface area (Å²) in [6.07, 6.45) is 1.90. The number of benzene rings is 2. The third kappa shape index (κ3) is 4.84. The molecule has 6 nitrogen and oxygen atoms in total.